The van der Waals surface area contributed by atoms with E-state index in [2.05, 4.69) is 28.2 Å². The summed E-state index contributed by atoms with van der Waals surface area (Å²) in [4.78, 5) is 40.1. The summed E-state index contributed by atoms with van der Waals surface area (Å²) in [5.41, 5.74) is 3.76. The topological polar surface area (TPSA) is 80.6 Å². The summed E-state index contributed by atoms with van der Waals surface area (Å²) in [6, 6.07) is 13.6. The van der Waals surface area contributed by atoms with Crippen LogP contribution in [0.5, 0.6) is 0 Å². The monoisotopic (exact) mass is 569 g/mol. The Labute approximate surface area is 223 Å². The quantitative estimate of drug-likeness (QED) is 0.263. The molecule has 1 N–H and O–H groups in total. The lowest BCUT2D eigenvalue weighted by molar-refractivity contribution is -0.123. The number of thioether (sulfide) groups is 1. The molecule has 3 aromatic rings. The number of hydrogen-bond donors (Lipinski definition) is 1. The van der Waals surface area contributed by atoms with E-state index in [0.717, 1.165) is 56.7 Å². The first kappa shape index (κ1) is 26.2. The molecule has 0 atom stereocenters. The van der Waals surface area contributed by atoms with E-state index in [1.54, 1.807) is 13.2 Å². The third kappa shape index (κ3) is 5.91. The molecule has 2 aromatic carbocycles. The SMILES string of the molecule is CCc1cccc2c(/C=C3\SC(=O)N(Cc4ccc(Br)cc4)C3=O)cn(CC(=O)NCCCOC)c12. The number of hydrogen-bond acceptors (Lipinski definition) is 5. The molecule has 2 heterocycles. The van der Waals surface area contributed by atoms with Crippen LogP contribution in [0, 0.1) is 0 Å². The van der Waals surface area contributed by atoms with Gasteiger partial charge in [0, 0.05) is 41.9 Å². The lowest BCUT2D eigenvalue weighted by atomic mass is 10.1. The first-order valence-electron chi connectivity index (χ1n) is 11.8. The fraction of sp³-hybridized carbons (Fsp3) is 0.296. The first-order valence-corrected chi connectivity index (χ1v) is 13.4. The summed E-state index contributed by atoms with van der Waals surface area (Å²) in [5.74, 6) is -0.397. The molecule has 36 heavy (non-hydrogen) atoms. The number of methoxy groups -OCH3 is 1. The number of halogens is 1. The van der Waals surface area contributed by atoms with Crippen LogP contribution in [-0.2, 0) is 33.8 Å². The predicted octanol–water partition coefficient (Wildman–Crippen LogP) is 5.36. The Hall–Kier alpha value is -2.88. The molecule has 4 rings (SSSR count). The van der Waals surface area contributed by atoms with Crippen molar-refractivity contribution in [3.8, 4) is 0 Å². The summed E-state index contributed by atoms with van der Waals surface area (Å²) in [5, 5.41) is 3.58. The molecule has 7 nitrogen and oxygen atoms in total. The molecule has 1 aliphatic heterocycles. The maximum absolute atomic E-state index is 13.1. The number of aromatic nitrogens is 1. The molecule has 1 aliphatic rings. The van der Waals surface area contributed by atoms with Gasteiger partial charge in [-0.15, -0.1) is 0 Å². The standard InChI is InChI=1S/C27H28BrN3O4S/c1-3-19-6-4-7-22-20(16-30(25(19)22)17-24(32)29-12-5-13-35-2)14-23-26(33)31(27(34)36-23)15-18-8-10-21(28)11-9-18/h4,6-11,14,16H,3,5,12-13,15,17H2,1-2H3,(H,29,32)/b23-14-. The highest BCUT2D eigenvalue weighted by molar-refractivity contribution is 9.10. The number of imide groups is 1. The highest BCUT2D eigenvalue weighted by atomic mass is 79.9. The Morgan fingerprint density at radius 1 is 1.17 bits per heavy atom. The van der Waals surface area contributed by atoms with Crippen molar-refractivity contribution in [2.24, 2.45) is 0 Å². The average molecular weight is 571 g/mol. The van der Waals surface area contributed by atoms with Gasteiger partial charge in [0.2, 0.25) is 5.91 Å². The summed E-state index contributed by atoms with van der Waals surface area (Å²) < 4.78 is 7.90. The molecule has 0 bridgehead atoms. The Kier molecular flexibility index (Phi) is 8.66. The Morgan fingerprint density at radius 3 is 2.67 bits per heavy atom. The van der Waals surface area contributed by atoms with E-state index in [4.69, 9.17) is 4.74 Å². The molecule has 0 radical (unpaired) electrons. The number of para-hydroxylation sites is 1. The number of carbonyl (C=O) groups is 3. The van der Waals surface area contributed by atoms with Crippen LogP contribution in [0.15, 0.2) is 58.0 Å². The van der Waals surface area contributed by atoms with Crippen molar-refractivity contribution < 1.29 is 19.1 Å². The zero-order valence-corrected chi connectivity index (χ0v) is 22.7. The average Bonchev–Trinajstić information content (AvgIpc) is 3.34. The normalized spacial score (nSPS) is 14.9. The van der Waals surface area contributed by atoms with E-state index >= 15 is 0 Å². The van der Waals surface area contributed by atoms with Crippen LogP contribution in [0.1, 0.15) is 30.0 Å². The minimum absolute atomic E-state index is 0.0877. The summed E-state index contributed by atoms with van der Waals surface area (Å²) in [7, 11) is 1.64. The number of aryl methyl sites for hydroxylation is 1. The van der Waals surface area contributed by atoms with Crippen LogP contribution < -0.4 is 5.32 Å². The number of rotatable bonds is 10. The van der Waals surface area contributed by atoms with Gasteiger partial charge in [-0.05, 0) is 53.9 Å². The van der Waals surface area contributed by atoms with Gasteiger partial charge in [-0.3, -0.25) is 19.3 Å². The summed E-state index contributed by atoms with van der Waals surface area (Å²) in [6.07, 6.45) is 5.21. The van der Waals surface area contributed by atoms with Gasteiger partial charge in [0.1, 0.15) is 6.54 Å². The van der Waals surface area contributed by atoms with Crippen molar-refractivity contribution in [2.75, 3.05) is 20.3 Å². The van der Waals surface area contributed by atoms with Crippen molar-refractivity contribution >= 4 is 61.7 Å². The van der Waals surface area contributed by atoms with Crippen molar-refractivity contribution in [1.29, 1.82) is 0 Å². The summed E-state index contributed by atoms with van der Waals surface area (Å²) in [6.45, 7) is 3.60. The van der Waals surface area contributed by atoms with Crippen molar-refractivity contribution in [1.82, 2.24) is 14.8 Å². The van der Waals surface area contributed by atoms with Crippen molar-refractivity contribution in [2.45, 2.75) is 32.9 Å². The second kappa shape index (κ2) is 11.9. The first-order chi connectivity index (χ1) is 17.4. The molecule has 188 valence electrons. The fourth-order valence-corrected chi connectivity index (χ4v) is 5.29. The molecule has 1 saturated heterocycles. The molecular weight excluding hydrogens is 542 g/mol. The van der Waals surface area contributed by atoms with E-state index in [-0.39, 0.29) is 30.1 Å². The van der Waals surface area contributed by atoms with Gasteiger partial charge in [-0.25, -0.2) is 0 Å². The fourth-order valence-electron chi connectivity index (χ4n) is 4.20. The van der Waals surface area contributed by atoms with E-state index in [9.17, 15) is 14.4 Å². The predicted molar refractivity (Wildman–Crippen MR) is 146 cm³/mol. The summed E-state index contributed by atoms with van der Waals surface area (Å²) >= 11 is 4.35. The molecule has 1 fully saturated rings. The van der Waals surface area contributed by atoms with Crippen LogP contribution in [0.25, 0.3) is 17.0 Å². The van der Waals surface area contributed by atoms with Gasteiger partial charge >= 0.3 is 0 Å². The molecule has 9 heteroatoms. The third-order valence-electron chi connectivity index (χ3n) is 5.97. The molecular formula is C27H28BrN3O4S. The van der Waals surface area contributed by atoms with Crippen LogP contribution in [0.4, 0.5) is 4.79 Å². The zero-order valence-electron chi connectivity index (χ0n) is 20.3. The highest BCUT2D eigenvalue weighted by Crippen LogP contribution is 2.35. The number of amides is 3. The van der Waals surface area contributed by atoms with Gasteiger partial charge < -0.3 is 14.6 Å². The van der Waals surface area contributed by atoms with E-state index in [0.29, 0.717) is 18.1 Å². The second-order valence-electron chi connectivity index (χ2n) is 8.47. The highest BCUT2D eigenvalue weighted by Gasteiger charge is 2.35. The number of carbonyl (C=O) groups excluding carboxylic acids is 3. The molecule has 0 spiro atoms. The van der Waals surface area contributed by atoms with Gasteiger partial charge in [0.15, 0.2) is 0 Å². The van der Waals surface area contributed by atoms with Gasteiger partial charge in [0.25, 0.3) is 11.1 Å². The Bertz CT molecular complexity index is 1320. The molecule has 0 aliphatic carbocycles. The minimum Gasteiger partial charge on any atom is -0.385 e. The Balaban J connectivity index is 1.60. The lowest BCUT2D eigenvalue weighted by Crippen LogP contribution is -2.28. The van der Waals surface area contributed by atoms with Crippen molar-refractivity contribution in [3.05, 3.63) is 74.7 Å². The molecule has 0 unspecified atom stereocenters. The lowest BCUT2D eigenvalue weighted by Gasteiger charge is -2.12. The molecule has 3 amide bonds. The second-order valence-corrected chi connectivity index (χ2v) is 10.4. The maximum atomic E-state index is 13.1. The maximum Gasteiger partial charge on any atom is 0.293 e. The van der Waals surface area contributed by atoms with Gasteiger partial charge in [-0.2, -0.15) is 0 Å². The van der Waals surface area contributed by atoms with Crippen molar-refractivity contribution in [3.63, 3.8) is 0 Å². The number of nitrogens with one attached hydrogen (secondary N) is 1. The number of ether oxygens (including phenoxy) is 1. The van der Waals surface area contributed by atoms with Gasteiger partial charge in [-0.1, -0.05) is 53.2 Å². The molecule has 0 saturated carbocycles. The van der Waals surface area contributed by atoms with E-state index in [1.165, 1.54) is 4.90 Å². The number of fused-ring (bicyclic) bond motifs is 1. The van der Waals surface area contributed by atoms with Crippen LogP contribution in [0.2, 0.25) is 0 Å². The van der Waals surface area contributed by atoms with Crippen LogP contribution >= 0.6 is 27.7 Å². The molecule has 1 aromatic heterocycles. The Morgan fingerprint density at radius 2 is 1.94 bits per heavy atom. The van der Waals surface area contributed by atoms with Crippen LogP contribution in [-0.4, -0.2) is 46.8 Å². The minimum atomic E-state index is -0.309. The number of benzene rings is 2. The largest absolute Gasteiger partial charge is 0.385 e. The number of nitrogens with zero attached hydrogens (tertiary/aromatic N) is 2. The smallest absolute Gasteiger partial charge is 0.293 e. The third-order valence-corrected chi connectivity index (χ3v) is 7.41. The zero-order chi connectivity index (χ0) is 25.7. The van der Waals surface area contributed by atoms with E-state index in [1.807, 2.05) is 53.2 Å². The van der Waals surface area contributed by atoms with Crippen LogP contribution in [0.3, 0.4) is 0 Å². The van der Waals surface area contributed by atoms with Gasteiger partial charge in [0.05, 0.1) is 17.0 Å². The van der Waals surface area contributed by atoms with E-state index < -0.39 is 0 Å².